The molecular formula is C93H110ClF4N17O27S2. The van der Waals surface area contributed by atoms with Crippen LogP contribution in [0.4, 0.5) is 32.8 Å². The topological polar surface area (TPSA) is 591 Å². The van der Waals surface area contributed by atoms with Gasteiger partial charge in [0.1, 0.15) is 109 Å². The molecule has 144 heavy (non-hydrogen) atoms. The molecule has 8 atom stereocenters. The highest BCUT2D eigenvalue weighted by molar-refractivity contribution is 7.88. The number of quaternary nitrogens is 1. The molecule has 0 unspecified atom stereocenters. The van der Waals surface area contributed by atoms with Crippen LogP contribution in [0.1, 0.15) is 66.8 Å². The van der Waals surface area contributed by atoms with Crippen molar-refractivity contribution in [3.8, 4) is 56.1 Å². The molecule has 44 nitrogen and oxygen atoms in total. The minimum absolute atomic E-state index is 0.0129. The van der Waals surface area contributed by atoms with Crippen LogP contribution in [0.2, 0.25) is 5.02 Å². The lowest BCUT2D eigenvalue weighted by molar-refractivity contribution is -0.926. The quantitative estimate of drug-likeness (QED) is 0.0111. The van der Waals surface area contributed by atoms with Crippen molar-refractivity contribution in [2.24, 2.45) is 11.7 Å². The number of urea groups is 1. The number of aliphatic carboxylic acids is 2. The van der Waals surface area contributed by atoms with Crippen molar-refractivity contribution in [1.29, 1.82) is 0 Å². The van der Waals surface area contributed by atoms with Gasteiger partial charge >= 0.3 is 34.5 Å². The summed E-state index contributed by atoms with van der Waals surface area (Å²) in [7, 11) is -0.727. The third-order valence-corrected chi connectivity index (χ3v) is 25.5. The van der Waals surface area contributed by atoms with Crippen molar-refractivity contribution >= 4 is 103 Å². The Morgan fingerprint density at radius 3 is 2.19 bits per heavy atom. The van der Waals surface area contributed by atoms with Gasteiger partial charge in [0.25, 0.3) is 11.8 Å². The number of thiophene rings is 1. The number of hydrogen-bond acceptors (Lipinski definition) is 34. The molecule has 0 radical (unpaired) electrons. The van der Waals surface area contributed by atoms with E-state index in [4.69, 9.17) is 79.6 Å². The minimum Gasteiger partial charge on any atom is -0.542 e. The number of para-hydroxylation sites is 2. The Balaban J connectivity index is 0.00000272. The second-order valence-corrected chi connectivity index (χ2v) is 36.5. The number of aromatic nitrogens is 7. The van der Waals surface area contributed by atoms with Gasteiger partial charge in [-0.25, -0.2) is 48.1 Å². The molecule has 7 heterocycles. The van der Waals surface area contributed by atoms with Gasteiger partial charge in [0, 0.05) is 85.6 Å². The number of nitrogens with one attached hydrogen (secondary N) is 6. The van der Waals surface area contributed by atoms with E-state index in [0.717, 1.165) is 22.6 Å². The first-order valence-corrected chi connectivity index (χ1v) is 47.9. The predicted molar refractivity (Wildman–Crippen MR) is 504 cm³/mol. The lowest BCUT2D eigenvalue weighted by atomic mass is 9.96. The summed E-state index contributed by atoms with van der Waals surface area (Å²) in [5.41, 5.74) is 11.8. The molecule has 0 bridgehead atoms. The monoisotopic (exact) mass is 2070 g/mol. The van der Waals surface area contributed by atoms with Crippen molar-refractivity contribution in [3.63, 3.8) is 0 Å². The van der Waals surface area contributed by atoms with Crippen molar-refractivity contribution in [3.05, 3.63) is 185 Å². The molecule has 0 aliphatic carbocycles. The van der Waals surface area contributed by atoms with E-state index in [1.165, 1.54) is 40.7 Å². The standard InChI is InChI=1S/C91H109ClFN17O25S2.C2HF3O2/c1-54(2)78(103-72(112)27-38-127-40-35-109-73(113)24-25-74(109)114)85(119)102-66(13-10-28-96-90(94)122)84(118)101-61-21-18-58(59(45-61)50-129-51-63-47-108(106-104-63)34-42-132-91(123)105-137(124,125)99-30-39-128-43-44-131-89-81(117)80(116)79(115)71(49-111)135-89)48-110(4)36-31-107(32-37-110)33-41-130-69-23-22-64(55(3)77(69)92)75-76-86(97-53-98-87(76)136-82(75)56-16-19-60(93)20-17-56)134-70(88(120)121)46-57-11-6-8-14-67(57)133-52-62-26-29-95-83(100-62)65-12-7-9-15-68(65)126-5;3-2(4,5)1(6)7/h6-9,11-12,14-26,29,45,47,53-54,66,70-71,78-81,89,99,111,115-117H,10,13,27-28,30-44,46,48-52H2,1-5H3,(H7-,94,96,101,102,103,105,112,118,119,120,121,122,123);(H,6,7)/t66-,70+,71+,78-,79+,80-,81+,89+;/m0./s1. The summed E-state index contributed by atoms with van der Waals surface area (Å²) in [6.07, 6.45) is -8.76. The fraction of sp³-hybridized carbons (Fsp3) is 0.430. The second kappa shape index (κ2) is 52.9. The van der Waals surface area contributed by atoms with Gasteiger partial charge in [0.15, 0.2) is 12.1 Å². The van der Waals surface area contributed by atoms with E-state index < -0.39 is 137 Å². The fourth-order valence-corrected chi connectivity index (χ4v) is 17.2. The van der Waals surface area contributed by atoms with Crippen LogP contribution in [0.15, 0.2) is 140 Å². The number of amides is 8. The largest absolute Gasteiger partial charge is 0.542 e. The Morgan fingerprint density at radius 1 is 0.757 bits per heavy atom. The van der Waals surface area contributed by atoms with Gasteiger partial charge in [0.2, 0.25) is 29.7 Å². The fourth-order valence-electron chi connectivity index (χ4n) is 15.2. The summed E-state index contributed by atoms with van der Waals surface area (Å²) in [6.45, 7) is 7.13. The molecule has 4 aromatic heterocycles. The number of nitrogens with zero attached hydrogens (tertiary/aromatic N) is 10. The highest BCUT2D eigenvalue weighted by Gasteiger charge is 2.44. The predicted octanol–water partition coefficient (Wildman–Crippen LogP) is 3.93. The van der Waals surface area contributed by atoms with E-state index in [2.05, 4.69) is 63.2 Å². The maximum Gasteiger partial charge on any atom is 0.430 e. The van der Waals surface area contributed by atoms with Crippen molar-refractivity contribution < 1.29 is 152 Å². The number of hydrogen-bond donors (Lipinski definition) is 12. The summed E-state index contributed by atoms with van der Waals surface area (Å²) < 4.78 is 135. The summed E-state index contributed by atoms with van der Waals surface area (Å²) in [4.78, 5) is 135. The molecule has 2 saturated heterocycles. The van der Waals surface area contributed by atoms with Gasteiger partial charge in [-0.05, 0) is 108 Å². The average molecular weight is 2070 g/mol. The molecular weight excluding hydrogens is 1960 g/mol. The van der Waals surface area contributed by atoms with E-state index in [1.807, 2.05) is 43.3 Å². The average Bonchev–Trinajstić information content (AvgIpc) is 1.59. The van der Waals surface area contributed by atoms with Gasteiger partial charge < -0.3 is 114 Å². The first kappa shape index (κ1) is 111. The number of primary amides is 1. The van der Waals surface area contributed by atoms with Gasteiger partial charge in [-0.3, -0.25) is 33.8 Å². The number of carboxylic acid groups (broad SMARTS) is 2. The van der Waals surface area contributed by atoms with Crippen LogP contribution in [0.5, 0.6) is 23.1 Å². The van der Waals surface area contributed by atoms with Crippen molar-refractivity contribution in [2.75, 3.05) is 125 Å². The van der Waals surface area contributed by atoms with Crippen molar-refractivity contribution in [1.82, 2.24) is 70.1 Å². The number of methoxy groups -OCH3 is 1. The number of aliphatic hydroxyl groups excluding tert-OH is 4. The molecule has 2 fully saturated rings. The molecule has 13 N–H and O–H groups in total. The normalized spacial score (nSPS) is 17.0. The first-order valence-electron chi connectivity index (χ1n) is 45.2. The summed E-state index contributed by atoms with van der Waals surface area (Å²) >= 11 is 8.62. The molecule has 0 saturated carbocycles. The number of imide groups is 1. The number of aliphatic hydroxyl groups is 4. The van der Waals surface area contributed by atoms with Gasteiger partial charge in [-0.2, -0.15) is 26.3 Å². The molecule has 12 rings (SSSR count). The smallest absolute Gasteiger partial charge is 0.430 e. The second-order valence-electron chi connectivity index (χ2n) is 33.6. The zero-order valence-electron chi connectivity index (χ0n) is 78.6. The molecule has 51 heteroatoms. The molecule has 5 aromatic carbocycles. The first-order chi connectivity index (χ1) is 68.8. The molecule has 3 aliphatic rings. The van der Waals surface area contributed by atoms with E-state index in [1.54, 1.807) is 92.5 Å². The van der Waals surface area contributed by atoms with Crippen LogP contribution in [-0.4, -0.2) is 311 Å². The highest BCUT2D eigenvalue weighted by Crippen LogP contribution is 2.50. The van der Waals surface area contributed by atoms with Crippen LogP contribution >= 0.6 is 22.9 Å². The van der Waals surface area contributed by atoms with E-state index in [9.17, 15) is 89.9 Å². The zero-order valence-corrected chi connectivity index (χ0v) is 81.0. The number of carbonyl (C=O) groups excluding carboxylic acids is 8. The maximum atomic E-state index is 14.7. The van der Waals surface area contributed by atoms with Gasteiger partial charge in [-0.15, -0.1) is 16.4 Å². The SMILES string of the molecule is COc1ccccc1-c1nccc(COc2ccccc2C[C@@H](Oc2ncnc3sc(-c4ccc(F)cc4)c(-c4ccc(OCCN5CC[N+](C)(Cc6ccc(NC(=O)[C@H](CCCNC(N)=O)NC(=O)[C@@H](NC(=O)CCOCCN7C(=O)C=CC7=O)C(C)C)cc6COCc6cn(CCOC(=O)NS(=O)(=O)NCCOCCO[C@@H]7O[C@H](CO)[C@@H](O)[C@H](O)[C@H]7O)nn6)CC5)c(Cl)c4C)c23)C(=O)O)n1.O=C([O-])C(F)(F)F. The Morgan fingerprint density at radius 2 is 1.48 bits per heavy atom. The summed E-state index contributed by atoms with van der Waals surface area (Å²) in [5.74, 6) is -6.21. The van der Waals surface area contributed by atoms with Crippen LogP contribution < -0.4 is 60.5 Å². The molecule has 8 amide bonds. The Labute approximate surface area is 831 Å². The van der Waals surface area contributed by atoms with E-state index in [-0.39, 0.29) is 124 Å². The Hall–Kier alpha value is -13.2. The van der Waals surface area contributed by atoms with Crippen molar-refractivity contribution in [2.45, 2.75) is 134 Å². The highest BCUT2D eigenvalue weighted by atomic mass is 35.5. The number of carbonyl (C=O) groups is 9. The summed E-state index contributed by atoms with van der Waals surface area (Å²) in [6, 6.07) is 27.9. The number of benzene rings is 5. The number of ether oxygens (including phenoxy) is 10. The number of alkyl halides is 3. The van der Waals surface area contributed by atoms with Gasteiger partial charge in [0.05, 0.1) is 121 Å². The maximum absolute atomic E-state index is 14.7. The molecule has 776 valence electrons. The lowest BCUT2D eigenvalue weighted by Gasteiger charge is -2.42. The Bertz CT molecular complexity index is 6070. The number of likely N-dealkylation sites (N-methyl/N-ethyl adjacent to an activating group) is 1. The molecule has 9 aromatic rings. The number of halogens is 5. The number of rotatable bonds is 51. The lowest BCUT2D eigenvalue weighted by Crippen LogP contribution is -2.59. The molecule has 3 aliphatic heterocycles. The number of fused-ring (bicyclic) bond motifs is 1. The van der Waals surface area contributed by atoms with Crippen LogP contribution in [-0.2, 0) is 112 Å². The number of anilines is 1. The van der Waals surface area contributed by atoms with Crippen LogP contribution in [0, 0.1) is 18.7 Å². The number of piperazine rings is 1. The third-order valence-electron chi connectivity index (χ3n) is 22.8. The minimum atomic E-state index is -5.19. The van der Waals surface area contributed by atoms with Gasteiger partial charge in [-0.1, -0.05) is 85.3 Å². The molecule has 0 spiro atoms. The number of nitrogens with two attached hydrogens (primary N) is 1. The van der Waals surface area contributed by atoms with Crippen LogP contribution in [0.25, 0.3) is 43.2 Å². The van der Waals surface area contributed by atoms with Crippen LogP contribution in [0.3, 0.4) is 0 Å². The van der Waals surface area contributed by atoms with E-state index >= 15 is 0 Å². The zero-order chi connectivity index (χ0) is 104. The Kier molecular flexibility index (Phi) is 40.8. The number of carboxylic acids is 2. The van der Waals surface area contributed by atoms with E-state index in [0.29, 0.717) is 143 Å². The third kappa shape index (κ3) is 32.2. The summed E-state index contributed by atoms with van der Waals surface area (Å²) in [5, 5.41) is 79.2.